The largest absolute Gasteiger partial charge is 0.386 e. The van der Waals surface area contributed by atoms with Crippen molar-refractivity contribution in [2.45, 2.75) is 53.1 Å². The summed E-state index contributed by atoms with van der Waals surface area (Å²) in [4.78, 5) is 0. The molecule has 0 heterocycles. The van der Waals surface area contributed by atoms with Gasteiger partial charge in [-0.15, -0.1) is 6.58 Å². The highest BCUT2D eigenvalue weighted by molar-refractivity contribution is 5.10. The third-order valence-electron chi connectivity index (χ3n) is 2.35. The fraction of sp³-hybridized carbons (Fsp3) is 0.600. The lowest BCUT2D eigenvalue weighted by Gasteiger charge is -2.21. The quantitative estimate of drug-likeness (QED) is 0.669. The molecule has 0 fully saturated rings. The number of hydrogen-bond donors (Lipinski definition) is 1. The molecule has 92 valence electrons. The fourth-order valence-corrected chi connectivity index (χ4v) is 1.05. The second kappa shape index (κ2) is 6.05. The molecule has 16 heavy (non-hydrogen) atoms. The molecule has 0 spiro atoms. The van der Waals surface area contributed by atoms with E-state index in [0.717, 1.165) is 0 Å². The molecule has 1 N–H and O–H groups in total. The van der Waals surface area contributed by atoms with Gasteiger partial charge >= 0.3 is 0 Å². The van der Waals surface area contributed by atoms with E-state index in [1.54, 1.807) is 13.0 Å². The van der Waals surface area contributed by atoms with Gasteiger partial charge in [-0.2, -0.15) is 0 Å². The van der Waals surface area contributed by atoms with Crippen molar-refractivity contribution in [2.75, 3.05) is 0 Å². The summed E-state index contributed by atoms with van der Waals surface area (Å²) in [6.45, 7) is 12.9. The van der Waals surface area contributed by atoms with E-state index in [0.29, 0.717) is 12.8 Å². The highest BCUT2D eigenvalue weighted by Gasteiger charge is 2.17. The van der Waals surface area contributed by atoms with E-state index in [4.69, 9.17) is 2.74 Å². The Bertz CT molecular complexity index is 359. The average molecular weight is 224 g/mol. The molecular formula is C15H26O. The molecule has 0 aliphatic carbocycles. The van der Waals surface area contributed by atoms with Crippen LogP contribution in [-0.2, 0) is 0 Å². The smallest absolute Gasteiger partial charge is 0.0802 e. The van der Waals surface area contributed by atoms with Crippen LogP contribution in [0.1, 0.15) is 50.2 Å². The minimum Gasteiger partial charge on any atom is -0.386 e. The molecule has 1 nitrogen and oxygen atoms in total. The first-order valence-corrected chi connectivity index (χ1v) is 5.72. The van der Waals surface area contributed by atoms with Crippen LogP contribution >= 0.6 is 0 Å². The van der Waals surface area contributed by atoms with Gasteiger partial charge in [-0.05, 0) is 33.6 Å². The van der Waals surface area contributed by atoms with Gasteiger partial charge < -0.3 is 5.11 Å². The molecule has 0 saturated heterocycles. The molecule has 0 aliphatic rings. The third kappa shape index (κ3) is 7.47. The Kier molecular flexibility index (Phi) is 4.41. The van der Waals surface area contributed by atoms with Crippen LogP contribution in [-0.4, -0.2) is 10.7 Å². The van der Waals surface area contributed by atoms with Gasteiger partial charge in [-0.25, -0.2) is 0 Å². The van der Waals surface area contributed by atoms with Gasteiger partial charge in [0.15, 0.2) is 0 Å². The van der Waals surface area contributed by atoms with E-state index in [1.807, 2.05) is 33.8 Å². The summed E-state index contributed by atoms with van der Waals surface area (Å²) in [5.74, 6) is 0. The Hall–Kier alpha value is -0.820. The van der Waals surface area contributed by atoms with Crippen molar-refractivity contribution in [1.29, 1.82) is 0 Å². The first-order valence-electron chi connectivity index (χ1n) is 6.72. The highest BCUT2D eigenvalue weighted by atomic mass is 16.3. The second-order valence-corrected chi connectivity index (χ2v) is 5.27. The van der Waals surface area contributed by atoms with E-state index in [9.17, 15) is 5.11 Å². The van der Waals surface area contributed by atoms with Crippen LogP contribution in [0.2, 0.25) is 0 Å². The molecule has 1 atom stereocenters. The van der Waals surface area contributed by atoms with Crippen LogP contribution in [0.15, 0.2) is 36.4 Å². The lowest BCUT2D eigenvalue weighted by molar-refractivity contribution is 0.102. The van der Waals surface area contributed by atoms with Crippen molar-refractivity contribution < 1.29 is 7.85 Å². The van der Waals surface area contributed by atoms with Crippen LogP contribution in [0.5, 0.6) is 0 Å². The third-order valence-corrected chi connectivity index (χ3v) is 2.35. The molecule has 0 rings (SSSR count). The maximum absolute atomic E-state index is 10.3. The first-order chi connectivity index (χ1) is 8.04. The zero-order valence-electron chi connectivity index (χ0n) is 13.2. The van der Waals surface area contributed by atoms with E-state index in [1.165, 1.54) is 5.57 Å². The lowest BCUT2D eigenvalue weighted by atomic mass is 9.89. The summed E-state index contributed by atoms with van der Waals surface area (Å²) in [6, 6.07) is 0.106. The lowest BCUT2D eigenvalue weighted by Crippen LogP contribution is -2.21. The van der Waals surface area contributed by atoms with Crippen LogP contribution < -0.4 is 0 Å². The van der Waals surface area contributed by atoms with Crippen molar-refractivity contribution in [1.82, 2.24) is 0 Å². The Morgan fingerprint density at radius 2 is 1.88 bits per heavy atom. The van der Waals surface area contributed by atoms with Gasteiger partial charge in [0.25, 0.3) is 0 Å². The summed E-state index contributed by atoms with van der Waals surface area (Å²) in [7, 11) is 0. The van der Waals surface area contributed by atoms with Crippen LogP contribution in [0.3, 0.4) is 0 Å². The predicted molar refractivity (Wildman–Crippen MR) is 72.4 cm³/mol. The summed E-state index contributed by atoms with van der Waals surface area (Å²) in [5, 5.41) is 10.3. The molecule has 0 saturated carbocycles. The zero-order chi connectivity index (χ0) is 14.6. The molecule has 0 aromatic heterocycles. The Labute approximate surface area is 103 Å². The highest BCUT2D eigenvalue weighted by Crippen LogP contribution is 2.22. The number of aliphatic hydroxyl groups is 1. The average Bonchev–Trinajstić information content (AvgIpc) is 2.26. The maximum atomic E-state index is 10.3. The van der Waals surface area contributed by atoms with Crippen LogP contribution in [0, 0.1) is 5.41 Å². The van der Waals surface area contributed by atoms with E-state index < -0.39 is 11.0 Å². The summed E-state index contributed by atoms with van der Waals surface area (Å²) in [6.07, 6.45) is 4.83. The zero-order valence-corrected chi connectivity index (χ0v) is 11.2. The molecule has 0 bridgehead atoms. The number of rotatable bonds is 6. The maximum Gasteiger partial charge on any atom is 0.0802 e. The summed E-state index contributed by atoms with van der Waals surface area (Å²) >= 11 is 0. The summed E-state index contributed by atoms with van der Waals surface area (Å²) in [5.41, 5.74) is -0.653. The van der Waals surface area contributed by atoms with Crippen molar-refractivity contribution in [3.05, 3.63) is 36.4 Å². The minimum absolute atomic E-state index is 0.0189. The molecule has 0 aliphatic heterocycles. The molecule has 1 heteroatoms. The van der Waals surface area contributed by atoms with E-state index in [-0.39, 0.29) is 12.1 Å². The van der Waals surface area contributed by atoms with Crippen molar-refractivity contribution in [3.8, 4) is 0 Å². The Morgan fingerprint density at radius 3 is 2.31 bits per heavy atom. The molecule has 0 aromatic carbocycles. The topological polar surface area (TPSA) is 20.2 Å². The predicted octanol–water partition coefficient (Wildman–Crippen LogP) is 4.25. The Morgan fingerprint density at radius 1 is 1.31 bits per heavy atom. The number of hydrogen-bond acceptors (Lipinski definition) is 1. The fourth-order valence-electron chi connectivity index (χ4n) is 1.05. The molecule has 0 amide bonds. The van der Waals surface area contributed by atoms with Crippen LogP contribution in [0.25, 0.3) is 0 Å². The molecule has 0 radical (unpaired) electrons. The monoisotopic (exact) mass is 224 g/mol. The van der Waals surface area contributed by atoms with E-state index >= 15 is 0 Å². The van der Waals surface area contributed by atoms with Gasteiger partial charge in [-0.1, -0.05) is 43.7 Å². The second-order valence-electron chi connectivity index (χ2n) is 5.27. The van der Waals surface area contributed by atoms with Gasteiger partial charge in [-0.3, -0.25) is 0 Å². The molecule has 1 unspecified atom stereocenters. The van der Waals surface area contributed by atoms with Gasteiger partial charge in [0, 0.05) is 5.41 Å². The van der Waals surface area contributed by atoms with Crippen LogP contribution in [0.4, 0.5) is 0 Å². The Balaban J connectivity index is 5.05. The number of allylic oxidation sites excluding steroid dienone is 4. The standard InChI is InChI=1S/C15H26O/c1-7-14(4,5)11-12-15(6,16)10-8-9-13(2)3/h7,9,11-12,16H,1,8,10H2,2-6H3/b12-11+/i11D,12D. The van der Waals surface area contributed by atoms with Crippen molar-refractivity contribution in [3.63, 3.8) is 0 Å². The van der Waals surface area contributed by atoms with Crippen molar-refractivity contribution >= 4 is 0 Å². The van der Waals surface area contributed by atoms with Gasteiger partial charge in [0.05, 0.1) is 8.34 Å². The van der Waals surface area contributed by atoms with E-state index in [2.05, 4.69) is 6.58 Å². The van der Waals surface area contributed by atoms with Crippen molar-refractivity contribution in [2.24, 2.45) is 5.41 Å². The first kappa shape index (κ1) is 11.7. The summed E-state index contributed by atoms with van der Waals surface area (Å²) < 4.78 is 16.0. The molecular weight excluding hydrogens is 196 g/mol. The normalized spacial score (nSPS) is 18.9. The van der Waals surface area contributed by atoms with Gasteiger partial charge in [0.1, 0.15) is 0 Å². The van der Waals surface area contributed by atoms with Gasteiger partial charge in [0.2, 0.25) is 0 Å². The SMILES string of the molecule is [2H]/C(=C(/[2H])C(C)(O)CCC=C(C)C)C(C)(C)C=C. The minimum atomic E-state index is -1.26. The molecule has 0 aromatic rings.